The van der Waals surface area contributed by atoms with E-state index in [4.69, 9.17) is 0 Å². The van der Waals surface area contributed by atoms with Crippen molar-refractivity contribution in [3.05, 3.63) is 34.3 Å². The Morgan fingerprint density at radius 1 is 1.23 bits per heavy atom. The minimum Gasteiger partial charge on any atom is -0.0683 e. The van der Waals surface area contributed by atoms with Crippen molar-refractivity contribution >= 4 is 15.9 Å². The second kappa shape index (κ2) is 7.14. The molecular weight excluding hydrogens is 224 g/mol. The summed E-state index contributed by atoms with van der Waals surface area (Å²) in [5, 5.41) is 0. The second-order valence-corrected chi connectivity index (χ2v) is 4.14. The van der Waals surface area contributed by atoms with Crippen LogP contribution in [0.5, 0.6) is 0 Å². The molecule has 0 aliphatic rings. The van der Waals surface area contributed by atoms with Gasteiger partial charge in [0, 0.05) is 4.47 Å². The number of halogens is 1. The summed E-state index contributed by atoms with van der Waals surface area (Å²) in [5.41, 5.74) is 1.41. The molecule has 0 aliphatic heterocycles. The fourth-order valence-corrected chi connectivity index (χ4v) is 1.58. The molecule has 0 unspecified atom stereocenters. The Morgan fingerprint density at radius 3 is 2.31 bits per heavy atom. The van der Waals surface area contributed by atoms with E-state index < -0.39 is 0 Å². The molecule has 0 radical (unpaired) electrons. The van der Waals surface area contributed by atoms with Gasteiger partial charge in [0.2, 0.25) is 0 Å². The maximum absolute atomic E-state index is 3.45. The van der Waals surface area contributed by atoms with Crippen LogP contribution in [0.2, 0.25) is 0 Å². The molecule has 0 spiro atoms. The van der Waals surface area contributed by atoms with Crippen LogP contribution in [0.25, 0.3) is 0 Å². The molecule has 0 aliphatic carbocycles. The van der Waals surface area contributed by atoms with Gasteiger partial charge in [0.25, 0.3) is 0 Å². The van der Waals surface area contributed by atoms with Crippen LogP contribution in [-0.2, 0) is 6.42 Å². The lowest BCUT2D eigenvalue weighted by molar-refractivity contribution is 0.647. The number of benzene rings is 1. The van der Waals surface area contributed by atoms with E-state index in [9.17, 15) is 0 Å². The van der Waals surface area contributed by atoms with E-state index in [1.807, 2.05) is 13.8 Å². The van der Waals surface area contributed by atoms with Crippen molar-refractivity contribution in [2.75, 3.05) is 0 Å². The Kier molecular flexibility index (Phi) is 6.97. The molecule has 0 amide bonds. The first kappa shape index (κ1) is 12.7. The van der Waals surface area contributed by atoms with E-state index in [0.717, 1.165) is 5.92 Å². The van der Waals surface area contributed by atoms with Gasteiger partial charge in [-0.3, -0.25) is 0 Å². The van der Waals surface area contributed by atoms with E-state index in [1.165, 1.54) is 16.5 Å². The van der Waals surface area contributed by atoms with Crippen LogP contribution in [0, 0.1) is 5.92 Å². The van der Waals surface area contributed by atoms with Crippen LogP contribution < -0.4 is 0 Å². The standard InChI is InChI=1S/C10H13Br.C2H6/c1-8(2)6-9-4-3-5-10(11)7-9;1-2/h3-5,7-8H,6H2,1-2H3;1-2H3. The average Bonchev–Trinajstić information content (AvgIpc) is 2.06. The summed E-state index contributed by atoms with van der Waals surface area (Å²) < 4.78 is 1.18. The molecule has 0 N–H and O–H groups in total. The number of hydrogen-bond donors (Lipinski definition) is 0. The molecule has 0 saturated heterocycles. The highest BCUT2D eigenvalue weighted by molar-refractivity contribution is 9.10. The van der Waals surface area contributed by atoms with Crippen molar-refractivity contribution < 1.29 is 0 Å². The molecule has 0 heterocycles. The van der Waals surface area contributed by atoms with Gasteiger partial charge < -0.3 is 0 Å². The third-order valence-corrected chi connectivity index (χ3v) is 2.03. The van der Waals surface area contributed by atoms with E-state index in [0.29, 0.717) is 0 Å². The van der Waals surface area contributed by atoms with Crippen molar-refractivity contribution in [1.29, 1.82) is 0 Å². The van der Waals surface area contributed by atoms with Gasteiger partial charge in [-0.1, -0.05) is 55.8 Å². The molecule has 1 heteroatoms. The highest BCUT2D eigenvalue weighted by Gasteiger charge is 1.96. The van der Waals surface area contributed by atoms with Gasteiger partial charge in [-0.2, -0.15) is 0 Å². The molecular formula is C12H19Br. The topological polar surface area (TPSA) is 0 Å². The molecule has 1 rings (SSSR count). The van der Waals surface area contributed by atoms with Crippen molar-refractivity contribution in [2.24, 2.45) is 5.92 Å². The van der Waals surface area contributed by atoms with Gasteiger partial charge in [0.1, 0.15) is 0 Å². The van der Waals surface area contributed by atoms with Crippen LogP contribution in [0.3, 0.4) is 0 Å². The first-order valence-corrected chi connectivity index (χ1v) is 5.72. The molecule has 1 aromatic carbocycles. The maximum atomic E-state index is 3.45. The monoisotopic (exact) mass is 242 g/mol. The Balaban J connectivity index is 0.000000671. The highest BCUT2D eigenvalue weighted by Crippen LogP contribution is 2.14. The maximum Gasteiger partial charge on any atom is 0.0177 e. The third kappa shape index (κ3) is 5.87. The molecule has 0 aromatic heterocycles. The molecule has 0 fully saturated rings. The zero-order valence-electron chi connectivity index (χ0n) is 8.97. The van der Waals surface area contributed by atoms with Gasteiger partial charge in [-0.15, -0.1) is 0 Å². The zero-order chi connectivity index (χ0) is 10.3. The fourth-order valence-electron chi connectivity index (χ4n) is 1.14. The predicted octanol–water partition coefficient (Wildman–Crippen LogP) is 4.67. The van der Waals surface area contributed by atoms with Gasteiger partial charge in [-0.05, 0) is 30.0 Å². The quantitative estimate of drug-likeness (QED) is 0.707. The Labute approximate surface area is 90.5 Å². The lowest BCUT2D eigenvalue weighted by Crippen LogP contribution is -1.92. The van der Waals surface area contributed by atoms with Crippen molar-refractivity contribution in [3.8, 4) is 0 Å². The van der Waals surface area contributed by atoms with Gasteiger partial charge in [0.05, 0.1) is 0 Å². The van der Waals surface area contributed by atoms with Crippen LogP contribution in [0.15, 0.2) is 28.7 Å². The number of hydrogen-bond acceptors (Lipinski definition) is 0. The zero-order valence-corrected chi connectivity index (χ0v) is 10.6. The summed E-state index contributed by atoms with van der Waals surface area (Å²) in [5.74, 6) is 0.740. The van der Waals surface area contributed by atoms with Crippen molar-refractivity contribution in [3.63, 3.8) is 0 Å². The SMILES string of the molecule is CC.CC(C)Cc1cccc(Br)c1. The lowest BCUT2D eigenvalue weighted by atomic mass is 10.0. The van der Waals surface area contributed by atoms with E-state index in [-0.39, 0.29) is 0 Å². The van der Waals surface area contributed by atoms with Gasteiger partial charge >= 0.3 is 0 Å². The summed E-state index contributed by atoms with van der Waals surface area (Å²) in [7, 11) is 0. The summed E-state index contributed by atoms with van der Waals surface area (Å²) >= 11 is 3.45. The minimum absolute atomic E-state index is 0.740. The molecule has 13 heavy (non-hydrogen) atoms. The van der Waals surface area contributed by atoms with Crippen molar-refractivity contribution in [2.45, 2.75) is 34.1 Å². The van der Waals surface area contributed by atoms with Crippen LogP contribution in [0.4, 0.5) is 0 Å². The summed E-state index contributed by atoms with van der Waals surface area (Å²) in [6, 6.07) is 8.50. The average molecular weight is 243 g/mol. The Hall–Kier alpha value is -0.300. The van der Waals surface area contributed by atoms with Gasteiger partial charge in [-0.25, -0.2) is 0 Å². The summed E-state index contributed by atoms with van der Waals surface area (Å²) in [4.78, 5) is 0. The fraction of sp³-hybridized carbons (Fsp3) is 0.500. The summed E-state index contributed by atoms with van der Waals surface area (Å²) in [6.45, 7) is 8.47. The molecule has 0 bridgehead atoms. The molecule has 0 nitrogen and oxygen atoms in total. The normalized spacial score (nSPS) is 9.38. The van der Waals surface area contributed by atoms with Crippen LogP contribution >= 0.6 is 15.9 Å². The summed E-state index contributed by atoms with van der Waals surface area (Å²) in [6.07, 6.45) is 1.17. The van der Waals surface area contributed by atoms with E-state index in [2.05, 4.69) is 54.0 Å². The number of rotatable bonds is 2. The van der Waals surface area contributed by atoms with Crippen LogP contribution in [0.1, 0.15) is 33.3 Å². The first-order valence-electron chi connectivity index (χ1n) is 4.93. The Bertz CT molecular complexity index is 228. The second-order valence-electron chi connectivity index (χ2n) is 3.23. The lowest BCUT2D eigenvalue weighted by Gasteiger charge is -2.04. The van der Waals surface area contributed by atoms with E-state index >= 15 is 0 Å². The predicted molar refractivity (Wildman–Crippen MR) is 64.0 cm³/mol. The molecule has 74 valence electrons. The molecule has 1 aromatic rings. The molecule has 0 saturated carbocycles. The van der Waals surface area contributed by atoms with E-state index in [1.54, 1.807) is 0 Å². The Morgan fingerprint density at radius 2 is 1.85 bits per heavy atom. The smallest absolute Gasteiger partial charge is 0.0177 e. The van der Waals surface area contributed by atoms with Crippen molar-refractivity contribution in [1.82, 2.24) is 0 Å². The van der Waals surface area contributed by atoms with Gasteiger partial charge in [0.15, 0.2) is 0 Å². The minimum atomic E-state index is 0.740. The van der Waals surface area contributed by atoms with Crippen LogP contribution in [-0.4, -0.2) is 0 Å². The molecule has 0 atom stereocenters. The first-order chi connectivity index (χ1) is 6.18. The largest absolute Gasteiger partial charge is 0.0683 e. The third-order valence-electron chi connectivity index (χ3n) is 1.53. The highest BCUT2D eigenvalue weighted by atomic mass is 79.9.